The molecule has 1 N–H and O–H groups in total. The Morgan fingerprint density at radius 3 is 1.90 bits per heavy atom. The Hall–Kier alpha value is -4.37. The minimum Gasteiger partial charge on any atom is -0.481 e. The second-order valence-electron chi connectivity index (χ2n) is 13.1. The van der Waals surface area contributed by atoms with E-state index in [4.69, 9.17) is 4.74 Å². The number of anilines is 1. The molecule has 2 aromatic heterocycles. The number of ether oxygens (including phenoxy) is 1. The van der Waals surface area contributed by atoms with Gasteiger partial charge >= 0.3 is 24.4 Å². The average Bonchev–Trinajstić information content (AvgIpc) is 3.52. The van der Waals surface area contributed by atoms with Gasteiger partial charge in [0.1, 0.15) is 6.10 Å². The van der Waals surface area contributed by atoms with Crippen molar-refractivity contribution < 1.29 is 45.8 Å². The number of hydrogen-bond acceptors (Lipinski definition) is 7. The summed E-state index contributed by atoms with van der Waals surface area (Å²) in [5.74, 6) is -1.22. The first-order valence-corrected chi connectivity index (χ1v) is 16.6. The molecule has 2 aliphatic rings. The Morgan fingerprint density at radius 1 is 0.880 bits per heavy atom. The molecule has 272 valence electrons. The highest BCUT2D eigenvalue weighted by atomic mass is 19.4. The summed E-state index contributed by atoms with van der Waals surface area (Å²) in [6.07, 6.45) is -1.20. The van der Waals surface area contributed by atoms with Crippen molar-refractivity contribution in [1.29, 1.82) is 0 Å². The SMILES string of the molecule is CCC1CC(N(Cc2cc(C(F)(F)F)cc(C(F)(F)F)c2)c2ncc(-c3cnn(C)c3)cn2)C[C@H](CC)N1C(=O)O[C@H]1CC[C@H](C(=O)O)CC1. The summed E-state index contributed by atoms with van der Waals surface area (Å²) in [7, 11) is 1.74. The number of rotatable bonds is 9. The summed E-state index contributed by atoms with van der Waals surface area (Å²) >= 11 is 0. The Bertz CT molecular complexity index is 1590. The van der Waals surface area contributed by atoms with Crippen LogP contribution in [0.5, 0.6) is 0 Å². The molecular formula is C34H40F6N6O4. The first-order valence-electron chi connectivity index (χ1n) is 16.6. The highest BCUT2D eigenvalue weighted by Gasteiger charge is 2.42. The molecule has 0 bridgehead atoms. The van der Waals surface area contributed by atoms with Gasteiger partial charge in [0.2, 0.25) is 5.95 Å². The molecule has 0 radical (unpaired) electrons. The number of piperidine rings is 1. The second kappa shape index (κ2) is 14.9. The first kappa shape index (κ1) is 36.9. The monoisotopic (exact) mass is 710 g/mol. The molecule has 1 aliphatic carbocycles. The molecule has 1 amide bonds. The molecule has 3 aromatic rings. The molecule has 2 unspecified atom stereocenters. The van der Waals surface area contributed by atoms with Crippen LogP contribution >= 0.6 is 0 Å². The van der Waals surface area contributed by atoms with Crippen LogP contribution in [0.4, 0.5) is 37.1 Å². The Kier molecular flexibility index (Phi) is 11.0. The van der Waals surface area contributed by atoms with Gasteiger partial charge in [-0.25, -0.2) is 14.8 Å². The fourth-order valence-corrected chi connectivity index (χ4v) is 7.02. The maximum Gasteiger partial charge on any atom is 0.416 e. The first-order chi connectivity index (χ1) is 23.6. The lowest BCUT2D eigenvalue weighted by molar-refractivity contribution is -0.144. The predicted octanol–water partition coefficient (Wildman–Crippen LogP) is 7.72. The van der Waals surface area contributed by atoms with Gasteiger partial charge in [0.15, 0.2) is 0 Å². The maximum absolute atomic E-state index is 13.8. The summed E-state index contributed by atoms with van der Waals surface area (Å²) in [6, 6.07) is 0.328. The van der Waals surface area contributed by atoms with Gasteiger partial charge in [0, 0.05) is 61.4 Å². The van der Waals surface area contributed by atoms with Crippen LogP contribution in [-0.4, -0.2) is 66.0 Å². The van der Waals surface area contributed by atoms with Crippen LogP contribution < -0.4 is 4.90 Å². The van der Waals surface area contributed by atoms with Gasteiger partial charge in [0.25, 0.3) is 0 Å². The van der Waals surface area contributed by atoms with E-state index in [2.05, 4.69) is 15.1 Å². The van der Waals surface area contributed by atoms with E-state index in [1.54, 1.807) is 33.9 Å². The third-order valence-electron chi connectivity index (χ3n) is 9.69. The van der Waals surface area contributed by atoms with E-state index in [0.717, 1.165) is 5.56 Å². The normalized spacial score (nSPS) is 23.1. The summed E-state index contributed by atoms with van der Waals surface area (Å²) in [5.41, 5.74) is -1.70. The molecule has 16 heteroatoms. The van der Waals surface area contributed by atoms with Gasteiger partial charge in [-0.3, -0.25) is 9.48 Å². The van der Waals surface area contributed by atoms with E-state index >= 15 is 0 Å². The number of amides is 1. The number of hydrogen-bond donors (Lipinski definition) is 1. The zero-order valence-corrected chi connectivity index (χ0v) is 27.9. The van der Waals surface area contributed by atoms with Crippen LogP contribution in [0.2, 0.25) is 0 Å². The lowest BCUT2D eigenvalue weighted by atomic mass is 9.87. The lowest BCUT2D eigenvalue weighted by Crippen LogP contribution is -2.57. The molecule has 1 saturated carbocycles. The van der Waals surface area contributed by atoms with Crippen LogP contribution in [0.25, 0.3) is 11.1 Å². The van der Waals surface area contributed by atoms with E-state index in [-0.39, 0.29) is 36.2 Å². The highest BCUT2D eigenvalue weighted by molar-refractivity contribution is 5.70. The molecule has 1 saturated heterocycles. The standard InChI is InChI=1S/C34H40F6N6O4/c1-4-26-13-28(14-27(5-2)46(26)32(49)50-29-8-6-21(7-9-29)30(47)48)45(31-41-15-22(16-42-31)23-17-43-44(3)19-23)18-20-10-24(33(35,36)37)12-25(11-20)34(38,39)40/h10-12,15-17,19,21,26-29H,4-9,13-14,18H2,1-3H3,(H,47,48)/t21-,26-,27?,28?,29-/m0/s1. The number of nitrogens with zero attached hydrogens (tertiary/aromatic N) is 6. The van der Waals surface area contributed by atoms with Crippen molar-refractivity contribution in [2.45, 2.75) is 108 Å². The number of aliphatic carboxylic acids is 1. The number of carbonyl (C=O) groups is 2. The molecule has 2 fully saturated rings. The van der Waals surface area contributed by atoms with Gasteiger partial charge in [-0.2, -0.15) is 31.4 Å². The van der Waals surface area contributed by atoms with Gasteiger partial charge in [-0.05, 0) is 75.1 Å². The second-order valence-corrected chi connectivity index (χ2v) is 13.1. The minimum atomic E-state index is -5.01. The number of aromatic nitrogens is 4. The molecule has 3 atom stereocenters. The van der Waals surface area contributed by atoms with E-state index in [1.165, 1.54) is 12.4 Å². The minimum absolute atomic E-state index is 0.103. The molecular weight excluding hydrogens is 670 g/mol. The molecule has 0 spiro atoms. The lowest BCUT2D eigenvalue weighted by Gasteiger charge is -2.47. The number of alkyl halides is 6. The Morgan fingerprint density at radius 2 is 1.44 bits per heavy atom. The van der Waals surface area contributed by atoms with Crippen molar-refractivity contribution in [3.63, 3.8) is 0 Å². The van der Waals surface area contributed by atoms with Crippen LogP contribution in [0.1, 0.15) is 81.9 Å². The fraction of sp³-hybridized carbons (Fsp3) is 0.559. The zero-order chi connectivity index (χ0) is 36.4. The van der Waals surface area contributed by atoms with Gasteiger partial charge in [-0.1, -0.05) is 13.8 Å². The third kappa shape index (κ3) is 8.49. The van der Waals surface area contributed by atoms with Crippen molar-refractivity contribution >= 4 is 18.0 Å². The van der Waals surface area contributed by atoms with Crippen molar-refractivity contribution in [3.05, 3.63) is 59.7 Å². The average molecular weight is 711 g/mol. The summed E-state index contributed by atoms with van der Waals surface area (Å²) < 4.78 is 90.3. The van der Waals surface area contributed by atoms with Crippen molar-refractivity contribution in [2.24, 2.45) is 13.0 Å². The molecule has 1 aliphatic heterocycles. The highest BCUT2D eigenvalue weighted by Crippen LogP contribution is 2.39. The number of aryl methyl sites for hydroxylation is 1. The summed E-state index contributed by atoms with van der Waals surface area (Å²) in [5, 5.41) is 13.5. The van der Waals surface area contributed by atoms with Crippen LogP contribution in [0, 0.1) is 5.92 Å². The maximum atomic E-state index is 13.8. The number of halogens is 6. The molecule has 3 heterocycles. The zero-order valence-electron chi connectivity index (χ0n) is 27.9. The van der Waals surface area contributed by atoms with Crippen molar-refractivity contribution in [1.82, 2.24) is 24.6 Å². The molecule has 1 aromatic carbocycles. The van der Waals surface area contributed by atoms with Gasteiger partial charge in [-0.15, -0.1) is 0 Å². The number of carbonyl (C=O) groups excluding carboxylic acids is 1. The predicted molar refractivity (Wildman–Crippen MR) is 170 cm³/mol. The van der Waals surface area contributed by atoms with Crippen molar-refractivity contribution in [2.75, 3.05) is 4.90 Å². The number of benzene rings is 1. The Labute approximate surface area is 285 Å². The van der Waals surface area contributed by atoms with Gasteiger partial charge in [0.05, 0.1) is 23.2 Å². The van der Waals surface area contributed by atoms with Crippen LogP contribution in [-0.2, 0) is 35.5 Å². The van der Waals surface area contributed by atoms with E-state index < -0.39 is 53.6 Å². The molecule has 5 rings (SSSR count). The van der Waals surface area contributed by atoms with Crippen molar-refractivity contribution in [3.8, 4) is 11.1 Å². The summed E-state index contributed by atoms with van der Waals surface area (Å²) in [6.45, 7) is 3.43. The quantitative estimate of drug-likeness (QED) is 0.225. The number of carboxylic acid groups (broad SMARTS) is 1. The largest absolute Gasteiger partial charge is 0.481 e. The molecule has 10 nitrogen and oxygen atoms in total. The number of carboxylic acids is 1. The van der Waals surface area contributed by atoms with E-state index in [1.807, 2.05) is 13.8 Å². The van der Waals surface area contributed by atoms with E-state index in [9.17, 15) is 41.0 Å². The summed E-state index contributed by atoms with van der Waals surface area (Å²) in [4.78, 5) is 37.3. The third-order valence-corrected chi connectivity index (χ3v) is 9.69. The Balaban J connectivity index is 1.46. The topological polar surface area (TPSA) is 114 Å². The molecule has 50 heavy (non-hydrogen) atoms. The fourth-order valence-electron chi connectivity index (χ4n) is 7.02. The number of likely N-dealkylation sites (tertiary alicyclic amines) is 1. The van der Waals surface area contributed by atoms with Crippen LogP contribution in [0.3, 0.4) is 0 Å². The van der Waals surface area contributed by atoms with Crippen LogP contribution in [0.15, 0.2) is 43.0 Å². The van der Waals surface area contributed by atoms with E-state index in [0.29, 0.717) is 69.1 Å². The smallest absolute Gasteiger partial charge is 0.416 e. The van der Waals surface area contributed by atoms with Gasteiger partial charge < -0.3 is 19.6 Å².